The van der Waals surface area contributed by atoms with E-state index in [0.717, 1.165) is 12.8 Å². The molecule has 9 nitrogen and oxygen atoms in total. The van der Waals surface area contributed by atoms with Gasteiger partial charge in [-0.25, -0.2) is 13.1 Å². The summed E-state index contributed by atoms with van der Waals surface area (Å²) in [6.45, 7) is 3.12. The maximum Gasteiger partial charge on any atom is 0.316 e. The van der Waals surface area contributed by atoms with Crippen LogP contribution in [0.5, 0.6) is 0 Å². The number of carbonyl (C=O) groups excluding carboxylic acids is 1. The highest BCUT2D eigenvalue weighted by atomic mass is 32.2. The lowest BCUT2D eigenvalue weighted by molar-refractivity contribution is 0.0743. The largest absolute Gasteiger partial charge is 0.334 e. The van der Waals surface area contributed by atoms with Gasteiger partial charge >= 0.3 is 11.8 Å². The molecule has 1 amide bonds. The van der Waals surface area contributed by atoms with Gasteiger partial charge in [0.1, 0.15) is 0 Å². The van der Waals surface area contributed by atoms with Crippen molar-refractivity contribution >= 4 is 15.9 Å². The molecule has 30 heavy (non-hydrogen) atoms. The van der Waals surface area contributed by atoms with Gasteiger partial charge < -0.3 is 9.42 Å². The summed E-state index contributed by atoms with van der Waals surface area (Å²) in [6.07, 6.45) is 3.52. The molecule has 1 fully saturated rings. The number of hydrogen-bond donors (Lipinski definition) is 1. The second-order valence-corrected chi connectivity index (χ2v) is 8.78. The van der Waals surface area contributed by atoms with E-state index in [0.29, 0.717) is 29.9 Å². The van der Waals surface area contributed by atoms with Crippen LogP contribution in [-0.2, 0) is 16.6 Å². The average molecular weight is 427 g/mol. The number of nitrogens with zero attached hydrogens (tertiary/aromatic N) is 4. The third kappa shape index (κ3) is 4.24. The monoisotopic (exact) mass is 427 g/mol. The van der Waals surface area contributed by atoms with Crippen molar-refractivity contribution in [3.05, 3.63) is 59.7 Å². The highest BCUT2D eigenvalue weighted by Gasteiger charge is 2.25. The number of carbonyl (C=O) groups is 1. The average Bonchev–Trinajstić information content (AvgIpc) is 3.45. The van der Waals surface area contributed by atoms with Crippen molar-refractivity contribution < 1.29 is 17.7 Å². The first-order valence-corrected chi connectivity index (χ1v) is 11.1. The Labute approximate surface area is 174 Å². The Morgan fingerprint density at radius 3 is 2.73 bits per heavy atom. The highest BCUT2D eigenvalue weighted by molar-refractivity contribution is 7.89. The van der Waals surface area contributed by atoms with Gasteiger partial charge in [0.25, 0.3) is 0 Å². The van der Waals surface area contributed by atoms with Crippen molar-refractivity contribution in [2.75, 3.05) is 13.1 Å². The zero-order valence-corrected chi connectivity index (χ0v) is 17.2. The van der Waals surface area contributed by atoms with Crippen LogP contribution in [0.4, 0.5) is 0 Å². The molecule has 0 spiro atoms. The summed E-state index contributed by atoms with van der Waals surface area (Å²) in [7, 11) is -3.79. The zero-order valence-electron chi connectivity index (χ0n) is 16.4. The Kier molecular flexibility index (Phi) is 5.60. The van der Waals surface area contributed by atoms with Crippen LogP contribution in [0.3, 0.4) is 0 Å². The lowest BCUT2D eigenvalue weighted by atomic mass is 10.1. The van der Waals surface area contributed by atoms with Gasteiger partial charge in [0.05, 0.1) is 17.1 Å². The molecule has 0 atom stereocenters. The number of nitrogens with one attached hydrogen (secondary N) is 1. The van der Waals surface area contributed by atoms with Gasteiger partial charge in [0, 0.05) is 24.8 Å². The van der Waals surface area contributed by atoms with Crippen LogP contribution in [0.2, 0.25) is 0 Å². The van der Waals surface area contributed by atoms with Gasteiger partial charge in [-0.05, 0) is 43.5 Å². The molecule has 156 valence electrons. The summed E-state index contributed by atoms with van der Waals surface area (Å²) in [4.78, 5) is 22.5. The van der Waals surface area contributed by atoms with Crippen LogP contribution in [0.25, 0.3) is 11.4 Å². The lowest BCUT2D eigenvalue weighted by Crippen LogP contribution is -2.27. The number of hydrogen-bond acceptors (Lipinski definition) is 7. The Balaban J connectivity index is 1.56. The summed E-state index contributed by atoms with van der Waals surface area (Å²) >= 11 is 0. The molecule has 1 N–H and O–H groups in total. The predicted molar refractivity (Wildman–Crippen MR) is 108 cm³/mol. The van der Waals surface area contributed by atoms with Crippen LogP contribution in [-0.4, -0.2) is 47.4 Å². The summed E-state index contributed by atoms with van der Waals surface area (Å²) in [5.74, 6) is -0.230. The van der Waals surface area contributed by atoms with E-state index in [4.69, 9.17) is 4.52 Å². The first kappa shape index (κ1) is 20.2. The molecular weight excluding hydrogens is 406 g/mol. The van der Waals surface area contributed by atoms with Gasteiger partial charge in [-0.15, -0.1) is 0 Å². The molecular formula is C20H21N5O4S. The van der Waals surface area contributed by atoms with E-state index in [-0.39, 0.29) is 29.1 Å². The Hall–Kier alpha value is -3.11. The second kappa shape index (κ2) is 8.33. The second-order valence-electron chi connectivity index (χ2n) is 7.05. The molecule has 1 saturated heterocycles. The van der Waals surface area contributed by atoms with Crippen molar-refractivity contribution in [3.63, 3.8) is 0 Å². The van der Waals surface area contributed by atoms with E-state index in [1.54, 1.807) is 48.4 Å². The normalized spacial score (nSPS) is 14.2. The summed E-state index contributed by atoms with van der Waals surface area (Å²) in [5.41, 5.74) is 1.63. The summed E-state index contributed by atoms with van der Waals surface area (Å²) < 4.78 is 33.4. The maximum absolute atomic E-state index is 12.8. The standard InChI is InChI=1S/C20H21N5O4S/c1-14-7-8-15(18-23-19(29-24-18)20(26)25-10-4-5-11-25)12-17(14)30(27,28)22-13-16-6-2-3-9-21-16/h2-3,6-9,12,22H,4-5,10-11,13H2,1H3. The van der Waals surface area contributed by atoms with E-state index < -0.39 is 10.0 Å². The molecule has 1 aliphatic heterocycles. The molecule has 0 aliphatic carbocycles. The molecule has 4 rings (SSSR count). The van der Waals surface area contributed by atoms with Gasteiger partial charge in [-0.1, -0.05) is 23.4 Å². The van der Waals surface area contributed by atoms with Gasteiger partial charge in [-0.2, -0.15) is 4.98 Å². The smallest absolute Gasteiger partial charge is 0.316 e. The van der Waals surface area contributed by atoms with Crippen LogP contribution in [0.1, 0.15) is 34.8 Å². The van der Waals surface area contributed by atoms with Gasteiger partial charge in [-0.3, -0.25) is 9.78 Å². The first-order valence-electron chi connectivity index (χ1n) is 9.57. The fourth-order valence-corrected chi connectivity index (χ4v) is 4.53. The minimum Gasteiger partial charge on any atom is -0.334 e. The van der Waals surface area contributed by atoms with Crippen molar-refractivity contribution in [2.24, 2.45) is 0 Å². The number of sulfonamides is 1. The number of pyridine rings is 1. The van der Waals surface area contributed by atoms with E-state index in [2.05, 4.69) is 19.8 Å². The fraction of sp³-hybridized carbons (Fsp3) is 0.300. The van der Waals surface area contributed by atoms with Crippen molar-refractivity contribution in [3.8, 4) is 11.4 Å². The van der Waals surface area contributed by atoms with E-state index >= 15 is 0 Å². The van der Waals surface area contributed by atoms with Crippen LogP contribution >= 0.6 is 0 Å². The molecule has 0 saturated carbocycles. The summed E-state index contributed by atoms with van der Waals surface area (Å²) in [6, 6.07) is 10.1. The van der Waals surface area contributed by atoms with Crippen LogP contribution < -0.4 is 4.72 Å². The number of rotatable bonds is 6. The van der Waals surface area contributed by atoms with E-state index in [9.17, 15) is 13.2 Å². The third-order valence-electron chi connectivity index (χ3n) is 4.91. The van der Waals surface area contributed by atoms with Gasteiger partial charge in [0.2, 0.25) is 15.8 Å². The van der Waals surface area contributed by atoms with Crippen molar-refractivity contribution in [2.45, 2.75) is 31.2 Å². The van der Waals surface area contributed by atoms with E-state index in [1.165, 1.54) is 6.07 Å². The Bertz CT molecular complexity index is 1150. The lowest BCUT2D eigenvalue weighted by Gasteiger charge is -2.11. The molecule has 3 aromatic rings. The SMILES string of the molecule is Cc1ccc(-c2noc(C(=O)N3CCCC3)n2)cc1S(=O)(=O)NCc1ccccn1. The predicted octanol–water partition coefficient (Wildman–Crippen LogP) is 2.15. The first-order chi connectivity index (χ1) is 14.4. The third-order valence-corrected chi connectivity index (χ3v) is 6.45. The zero-order chi connectivity index (χ0) is 21.1. The van der Waals surface area contributed by atoms with Crippen molar-refractivity contribution in [1.82, 2.24) is 24.7 Å². The molecule has 0 bridgehead atoms. The van der Waals surface area contributed by atoms with Crippen molar-refractivity contribution in [1.29, 1.82) is 0 Å². The minimum absolute atomic E-state index is 0.0730. The number of aromatic nitrogens is 3. The number of aryl methyl sites for hydroxylation is 1. The molecule has 1 aliphatic rings. The number of amides is 1. The van der Waals surface area contributed by atoms with E-state index in [1.807, 2.05) is 0 Å². The highest BCUT2D eigenvalue weighted by Crippen LogP contribution is 2.24. The Morgan fingerprint density at radius 2 is 2.00 bits per heavy atom. The molecule has 1 aromatic carbocycles. The Morgan fingerprint density at radius 1 is 1.20 bits per heavy atom. The molecule has 0 radical (unpaired) electrons. The van der Waals surface area contributed by atoms with Crippen LogP contribution in [0.15, 0.2) is 52.0 Å². The molecule has 0 unspecified atom stereocenters. The quantitative estimate of drug-likeness (QED) is 0.640. The topological polar surface area (TPSA) is 118 Å². The minimum atomic E-state index is -3.79. The maximum atomic E-state index is 12.8. The summed E-state index contributed by atoms with van der Waals surface area (Å²) in [5, 5.41) is 3.87. The molecule has 10 heteroatoms. The number of likely N-dealkylation sites (tertiary alicyclic amines) is 1. The number of benzene rings is 1. The molecule has 3 heterocycles. The van der Waals surface area contributed by atoms with Crippen LogP contribution in [0, 0.1) is 6.92 Å². The fourth-order valence-electron chi connectivity index (χ4n) is 3.26. The van der Waals surface area contributed by atoms with Gasteiger partial charge in [0.15, 0.2) is 0 Å². The molecule has 2 aromatic heterocycles.